The molecule has 0 bridgehead atoms. The summed E-state index contributed by atoms with van der Waals surface area (Å²) in [5, 5.41) is 0.813. The van der Waals surface area contributed by atoms with E-state index in [2.05, 4.69) is 35.9 Å². The van der Waals surface area contributed by atoms with Crippen molar-refractivity contribution in [3.05, 3.63) is 28.8 Å². The predicted molar refractivity (Wildman–Crippen MR) is 87.7 cm³/mol. The summed E-state index contributed by atoms with van der Waals surface area (Å²) >= 11 is 6.23. The number of halogens is 1. The number of nitrogens with zero attached hydrogens (tertiary/aromatic N) is 2. The molecule has 0 aromatic heterocycles. The van der Waals surface area contributed by atoms with Crippen LogP contribution >= 0.6 is 11.6 Å². The molecule has 20 heavy (non-hydrogen) atoms. The molecule has 1 heterocycles. The monoisotopic (exact) mass is 295 g/mol. The van der Waals surface area contributed by atoms with Gasteiger partial charge in [-0.2, -0.15) is 0 Å². The smallest absolute Gasteiger partial charge is 0.0426 e. The number of hydrogen-bond donors (Lipinski definition) is 1. The zero-order valence-corrected chi connectivity index (χ0v) is 13.4. The van der Waals surface area contributed by atoms with Gasteiger partial charge in [-0.05, 0) is 57.1 Å². The lowest BCUT2D eigenvalue weighted by Crippen LogP contribution is -2.40. The Labute approximate surface area is 127 Å². The topological polar surface area (TPSA) is 32.5 Å². The molecule has 1 unspecified atom stereocenters. The maximum atomic E-state index is 6.23. The van der Waals surface area contributed by atoms with Crippen LogP contribution in [0.5, 0.6) is 0 Å². The molecular formula is C16H26ClN3. The van der Waals surface area contributed by atoms with E-state index in [4.69, 9.17) is 17.3 Å². The molecule has 1 aromatic rings. The fraction of sp³-hybridized carbons (Fsp3) is 0.625. The summed E-state index contributed by atoms with van der Waals surface area (Å²) in [6.45, 7) is 6.33. The van der Waals surface area contributed by atoms with Crippen molar-refractivity contribution in [1.82, 2.24) is 4.90 Å². The van der Waals surface area contributed by atoms with Crippen LogP contribution in [-0.2, 0) is 6.42 Å². The summed E-state index contributed by atoms with van der Waals surface area (Å²) < 4.78 is 0. The molecule has 1 aromatic carbocycles. The Hall–Kier alpha value is -0.770. The van der Waals surface area contributed by atoms with E-state index in [1.54, 1.807) is 0 Å². The SMILES string of the molecule is CCC1CN(C)CCCN1c1cc(Cl)ccc1CCN. The van der Waals surface area contributed by atoms with Gasteiger partial charge in [0.2, 0.25) is 0 Å². The van der Waals surface area contributed by atoms with Crippen molar-refractivity contribution in [3.63, 3.8) is 0 Å². The van der Waals surface area contributed by atoms with E-state index in [1.807, 2.05) is 6.07 Å². The van der Waals surface area contributed by atoms with E-state index >= 15 is 0 Å². The zero-order valence-electron chi connectivity index (χ0n) is 12.6. The van der Waals surface area contributed by atoms with Gasteiger partial charge in [0, 0.05) is 29.8 Å². The van der Waals surface area contributed by atoms with Crippen molar-refractivity contribution < 1.29 is 0 Å². The van der Waals surface area contributed by atoms with Crippen molar-refractivity contribution in [2.24, 2.45) is 5.73 Å². The Morgan fingerprint density at radius 1 is 1.35 bits per heavy atom. The molecule has 2 N–H and O–H groups in total. The second-order valence-electron chi connectivity index (χ2n) is 5.68. The fourth-order valence-electron chi connectivity index (χ4n) is 3.08. The largest absolute Gasteiger partial charge is 0.367 e. The fourth-order valence-corrected chi connectivity index (χ4v) is 3.25. The van der Waals surface area contributed by atoms with Crippen LogP contribution in [0.3, 0.4) is 0 Å². The van der Waals surface area contributed by atoms with Crippen molar-refractivity contribution in [2.75, 3.05) is 38.1 Å². The Morgan fingerprint density at radius 3 is 2.85 bits per heavy atom. The predicted octanol–water partition coefficient (Wildman–Crippen LogP) is 2.76. The summed E-state index contributed by atoms with van der Waals surface area (Å²) in [7, 11) is 2.21. The van der Waals surface area contributed by atoms with Crippen molar-refractivity contribution in [3.8, 4) is 0 Å². The molecule has 2 rings (SSSR count). The molecular weight excluding hydrogens is 270 g/mol. The molecule has 0 aliphatic carbocycles. The molecule has 0 radical (unpaired) electrons. The van der Waals surface area contributed by atoms with Gasteiger partial charge in [0.1, 0.15) is 0 Å². The molecule has 1 aliphatic rings. The van der Waals surface area contributed by atoms with Gasteiger partial charge in [0.15, 0.2) is 0 Å². The van der Waals surface area contributed by atoms with E-state index in [0.29, 0.717) is 12.6 Å². The minimum atomic E-state index is 0.553. The summed E-state index contributed by atoms with van der Waals surface area (Å²) in [5.74, 6) is 0. The van der Waals surface area contributed by atoms with E-state index in [1.165, 1.54) is 24.2 Å². The molecule has 0 amide bonds. The highest BCUT2D eigenvalue weighted by Gasteiger charge is 2.23. The van der Waals surface area contributed by atoms with E-state index in [-0.39, 0.29) is 0 Å². The first-order chi connectivity index (χ1) is 9.65. The number of rotatable bonds is 4. The minimum absolute atomic E-state index is 0.553. The van der Waals surface area contributed by atoms with E-state index in [0.717, 1.165) is 31.0 Å². The van der Waals surface area contributed by atoms with Crippen LogP contribution in [0.25, 0.3) is 0 Å². The maximum absolute atomic E-state index is 6.23. The highest BCUT2D eigenvalue weighted by atomic mass is 35.5. The van der Waals surface area contributed by atoms with Crippen LogP contribution in [0.2, 0.25) is 5.02 Å². The molecule has 4 heteroatoms. The number of hydrogen-bond acceptors (Lipinski definition) is 3. The molecule has 0 spiro atoms. The molecule has 1 aliphatic heterocycles. The number of benzene rings is 1. The van der Waals surface area contributed by atoms with E-state index < -0.39 is 0 Å². The third kappa shape index (κ3) is 3.66. The van der Waals surface area contributed by atoms with Crippen LogP contribution in [0.15, 0.2) is 18.2 Å². The van der Waals surface area contributed by atoms with Crippen LogP contribution in [0.4, 0.5) is 5.69 Å². The lowest BCUT2D eigenvalue weighted by Gasteiger charge is -2.34. The first kappa shape index (κ1) is 15.6. The molecule has 3 nitrogen and oxygen atoms in total. The standard InChI is InChI=1S/C16H26ClN3/c1-3-15-12-19(2)9-4-10-20(15)16-11-14(17)6-5-13(16)7-8-18/h5-6,11,15H,3-4,7-10,12,18H2,1-2H3. The maximum Gasteiger partial charge on any atom is 0.0426 e. The van der Waals surface area contributed by atoms with Gasteiger partial charge in [-0.3, -0.25) is 0 Å². The molecule has 112 valence electrons. The lowest BCUT2D eigenvalue weighted by molar-refractivity contribution is 0.328. The first-order valence-electron chi connectivity index (χ1n) is 7.59. The van der Waals surface area contributed by atoms with Gasteiger partial charge in [0.05, 0.1) is 0 Å². The van der Waals surface area contributed by atoms with Crippen LogP contribution in [0.1, 0.15) is 25.3 Å². The molecule has 1 saturated heterocycles. The highest BCUT2D eigenvalue weighted by molar-refractivity contribution is 6.30. The van der Waals surface area contributed by atoms with Crippen molar-refractivity contribution in [2.45, 2.75) is 32.2 Å². The molecule has 1 atom stereocenters. The second kappa shape index (κ2) is 7.30. The third-order valence-electron chi connectivity index (χ3n) is 4.14. The van der Waals surface area contributed by atoms with Gasteiger partial charge >= 0.3 is 0 Å². The molecule has 1 fully saturated rings. The second-order valence-corrected chi connectivity index (χ2v) is 6.12. The van der Waals surface area contributed by atoms with Gasteiger partial charge in [-0.1, -0.05) is 24.6 Å². The number of nitrogens with two attached hydrogens (primary N) is 1. The number of likely N-dealkylation sites (N-methyl/N-ethyl adjacent to an activating group) is 1. The number of anilines is 1. The van der Waals surface area contributed by atoms with Crippen LogP contribution in [0, 0.1) is 0 Å². The van der Waals surface area contributed by atoms with Crippen LogP contribution < -0.4 is 10.6 Å². The minimum Gasteiger partial charge on any atom is -0.367 e. The average Bonchev–Trinajstić information content (AvgIpc) is 2.62. The summed E-state index contributed by atoms with van der Waals surface area (Å²) in [6, 6.07) is 6.77. The Balaban J connectivity index is 2.33. The Kier molecular flexibility index (Phi) is 5.70. The van der Waals surface area contributed by atoms with Gasteiger partial charge < -0.3 is 15.5 Å². The van der Waals surface area contributed by atoms with E-state index in [9.17, 15) is 0 Å². The van der Waals surface area contributed by atoms with Crippen molar-refractivity contribution in [1.29, 1.82) is 0 Å². The first-order valence-corrected chi connectivity index (χ1v) is 7.97. The average molecular weight is 296 g/mol. The van der Waals surface area contributed by atoms with Gasteiger partial charge in [0.25, 0.3) is 0 Å². The summed E-state index contributed by atoms with van der Waals surface area (Å²) in [5.41, 5.74) is 8.36. The zero-order chi connectivity index (χ0) is 14.5. The highest BCUT2D eigenvalue weighted by Crippen LogP contribution is 2.29. The van der Waals surface area contributed by atoms with Crippen molar-refractivity contribution >= 4 is 17.3 Å². The molecule has 0 saturated carbocycles. The quantitative estimate of drug-likeness (QED) is 0.927. The van der Waals surface area contributed by atoms with Gasteiger partial charge in [-0.25, -0.2) is 0 Å². The van der Waals surface area contributed by atoms with Gasteiger partial charge in [-0.15, -0.1) is 0 Å². The summed E-state index contributed by atoms with van der Waals surface area (Å²) in [4.78, 5) is 4.97. The normalized spacial score (nSPS) is 21.0. The Bertz CT molecular complexity index is 436. The summed E-state index contributed by atoms with van der Waals surface area (Å²) in [6.07, 6.45) is 3.26. The van der Waals surface area contributed by atoms with Crippen LogP contribution in [-0.4, -0.2) is 44.2 Å². The Morgan fingerprint density at radius 2 is 2.15 bits per heavy atom. The lowest BCUT2D eigenvalue weighted by atomic mass is 10.1. The third-order valence-corrected chi connectivity index (χ3v) is 4.38.